The van der Waals surface area contributed by atoms with E-state index >= 15 is 0 Å². The highest BCUT2D eigenvalue weighted by atomic mass is 14.9. The summed E-state index contributed by atoms with van der Waals surface area (Å²) in [4.78, 5) is 0. The minimum atomic E-state index is -0.553. The first-order chi connectivity index (χ1) is 23.2. The topological polar surface area (TPSA) is 24.1 Å². The van der Waals surface area contributed by atoms with E-state index in [-0.39, 0.29) is 0 Å². The van der Waals surface area contributed by atoms with E-state index in [1.54, 1.807) is 0 Å². The molecule has 0 saturated heterocycles. The molecule has 0 aromatic heterocycles. The number of aryl methyl sites for hydroxylation is 2. The predicted molar refractivity (Wildman–Crippen MR) is 200 cm³/mol. The highest BCUT2D eigenvalue weighted by Gasteiger charge is 2.48. The summed E-state index contributed by atoms with van der Waals surface area (Å²) in [6, 6.07) is 53.7. The van der Waals surface area contributed by atoms with Crippen molar-refractivity contribution in [3.05, 3.63) is 179 Å². The van der Waals surface area contributed by atoms with Gasteiger partial charge in [0, 0.05) is 22.7 Å². The summed E-state index contributed by atoms with van der Waals surface area (Å²) in [6.45, 7) is 4.50. The van der Waals surface area contributed by atoms with Gasteiger partial charge in [0.25, 0.3) is 0 Å². The van der Waals surface area contributed by atoms with Crippen LogP contribution in [0.1, 0.15) is 72.9 Å². The first-order valence-corrected chi connectivity index (χ1v) is 17.3. The number of hydrogen-bond donors (Lipinski definition) is 2. The Balaban J connectivity index is 1.40. The molecule has 2 nitrogen and oxygen atoms in total. The zero-order chi connectivity index (χ0) is 32.1. The molecule has 1 aliphatic carbocycles. The van der Waals surface area contributed by atoms with Gasteiger partial charge in [-0.2, -0.15) is 0 Å². The van der Waals surface area contributed by atoms with Gasteiger partial charge in [-0.15, -0.1) is 0 Å². The third-order valence-electron chi connectivity index (χ3n) is 9.72. The van der Waals surface area contributed by atoms with Crippen LogP contribution in [0.4, 0.5) is 22.7 Å². The van der Waals surface area contributed by atoms with Gasteiger partial charge in [-0.25, -0.2) is 0 Å². The summed E-state index contributed by atoms with van der Waals surface area (Å²) in [7, 11) is 0. The van der Waals surface area contributed by atoms with Crippen molar-refractivity contribution < 1.29 is 0 Å². The average Bonchev–Trinajstić information content (AvgIpc) is 3.42. The van der Waals surface area contributed by atoms with Crippen LogP contribution >= 0.6 is 0 Å². The molecule has 0 atom stereocenters. The molecule has 1 aliphatic rings. The lowest BCUT2D eigenvalue weighted by molar-refractivity contribution is 0.773. The van der Waals surface area contributed by atoms with Crippen LogP contribution in [0, 0.1) is 0 Å². The summed E-state index contributed by atoms with van der Waals surface area (Å²) in [6.07, 6.45) is 7.09. The predicted octanol–water partition coefficient (Wildman–Crippen LogP) is 12.2. The Bertz CT molecular complexity index is 1810. The number of nitrogens with one attached hydrogen (secondary N) is 2. The fourth-order valence-corrected chi connectivity index (χ4v) is 7.38. The molecule has 0 saturated carbocycles. The van der Waals surface area contributed by atoms with Crippen molar-refractivity contribution in [3.63, 3.8) is 0 Å². The number of benzene rings is 6. The lowest BCUT2D eigenvalue weighted by atomic mass is 9.66. The van der Waals surface area contributed by atoms with Gasteiger partial charge in [0.05, 0.1) is 5.41 Å². The van der Waals surface area contributed by atoms with E-state index < -0.39 is 5.41 Å². The van der Waals surface area contributed by atoms with Crippen LogP contribution in [0.5, 0.6) is 0 Å². The number of para-hydroxylation sites is 2. The van der Waals surface area contributed by atoms with Gasteiger partial charge >= 0.3 is 0 Å². The van der Waals surface area contributed by atoms with Gasteiger partial charge in [-0.05, 0) is 107 Å². The average molecular weight is 613 g/mol. The quantitative estimate of drug-likeness (QED) is 0.143. The molecule has 0 unspecified atom stereocenters. The van der Waals surface area contributed by atoms with E-state index in [2.05, 4.69) is 170 Å². The molecule has 0 spiro atoms. The first kappa shape index (κ1) is 30.6. The molecule has 0 fully saturated rings. The van der Waals surface area contributed by atoms with Gasteiger partial charge in [-0.3, -0.25) is 0 Å². The Morgan fingerprint density at radius 1 is 0.404 bits per heavy atom. The fourth-order valence-electron chi connectivity index (χ4n) is 7.38. The molecule has 0 radical (unpaired) electrons. The molecule has 0 amide bonds. The summed E-state index contributed by atoms with van der Waals surface area (Å²) in [5.41, 5.74) is 14.3. The summed E-state index contributed by atoms with van der Waals surface area (Å²) < 4.78 is 0. The van der Waals surface area contributed by atoms with E-state index in [1.807, 2.05) is 0 Å². The molecule has 2 N–H and O–H groups in total. The molecular formula is C45H44N2. The Kier molecular flexibility index (Phi) is 8.93. The number of unbranched alkanes of at least 4 members (excludes halogenated alkanes) is 2. The van der Waals surface area contributed by atoms with E-state index in [0.29, 0.717) is 0 Å². The van der Waals surface area contributed by atoms with E-state index in [9.17, 15) is 0 Å². The third kappa shape index (κ3) is 5.85. The van der Waals surface area contributed by atoms with Crippen molar-refractivity contribution in [2.24, 2.45) is 0 Å². The fraction of sp³-hybridized carbons (Fsp3) is 0.200. The van der Waals surface area contributed by atoms with Crippen LogP contribution in [0.25, 0.3) is 11.1 Å². The van der Waals surface area contributed by atoms with Crippen LogP contribution in [-0.4, -0.2) is 0 Å². The SMILES string of the molecule is CCCCc1ccc(Nc2ccccc2C2(c3ccccc3Nc3ccc(CCCC)cc3)c3ccccc3-c3ccccc32)cc1. The summed E-state index contributed by atoms with van der Waals surface area (Å²) >= 11 is 0. The zero-order valence-electron chi connectivity index (χ0n) is 27.6. The highest BCUT2D eigenvalue weighted by molar-refractivity contribution is 5.90. The van der Waals surface area contributed by atoms with Gasteiger partial charge in [0.15, 0.2) is 0 Å². The minimum absolute atomic E-state index is 0.553. The molecule has 0 heterocycles. The van der Waals surface area contributed by atoms with Crippen molar-refractivity contribution >= 4 is 22.7 Å². The molecule has 6 aromatic carbocycles. The van der Waals surface area contributed by atoms with E-state index in [4.69, 9.17) is 0 Å². The third-order valence-corrected chi connectivity index (χ3v) is 9.72. The molecule has 0 bridgehead atoms. The Labute approximate surface area is 280 Å². The number of hydrogen-bond acceptors (Lipinski definition) is 2. The normalized spacial score (nSPS) is 12.7. The smallest absolute Gasteiger partial charge is 0.0753 e. The maximum absolute atomic E-state index is 3.86. The molecule has 234 valence electrons. The molecule has 0 aliphatic heterocycles. The zero-order valence-corrected chi connectivity index (χ0v) is 27.6. The maximum Gasteiger partial charge on any atom is 0.0753 e. The van der Waals surface area contributed by atoms with Gasteiger partial charge in [0.1, 0.15) is 0 Å². The molecule has 6 aromatic rings. The number of fused-ring (bicyclic) bond motifs is 3. The van der Waals surface area contributed by atoms with Crippen molar-refractivity contribution in [2.75, 3.05) is 10.6 Å². The van der Waals surface area contributed by atoms with Crippen LogP contribution in [0.15, 0.2) is 146 Å². The Morgan fingerprint density at radius 2 is 0.766 bits per heavy atom. The van der Waals surface area contributed by atoms with Crippen LogP contribution in [0.2, 0.25) is 0 Å². The summed E-state index contributed by atoms with van der Waals surface area (Å²) in [5, 5.41) is 7.72. The molecule has 47 heavy (non-hydrogen) atoms. The molecule has 7 rings (SSSR count). The molecular weight excluding hydrogens is 569 g/mol. The van der Waals surface area contributed by atoms with Crippen molar-refractivity contribution in [1.29, 1.82) is 0 Å². The van der Waals surface area contributed by atoms with E-state index in [0.717, 1.165) is 35.6 Å². The second-order valence-electron chi connectivity index (χ2n) is 12.8. The van der Waals surface area contributed by atoms with Gasteiger partial charge in [0.2, 0.25) is 0 Å². The Hall–Kier alpha value is -5.08. The molecule has 2 heteroatoms. The van der Waals surface area contributed by atoms with Crippen LogP contribution < -0.4 is 10.6 Å². The van der Waals surface area contributed by atoms with Crippen molar-refractivity contribution in [2.45, 2.75) is 57.8 Å². The maximum atomic E-state index is 3.86. The summed E-state index contributed by atoms with van der Waals surface area (Å²) in [5.74, 6) is 0. The lowest BCUT2D eigenvalue weighted by Crippen LogP contribution is -2.30. The van der Waals surface area contributed by atoms with E-state index in [1.165, 1.54) is 70.2 Å². The monoisotopic (exact) mass is 612 g/mol. The standard InChI is InChI=1S/C45H44N2/c1-3-5-15-33-25-29-35(30-26-33)46-43-23-13-11-21-41(43)45(39-19-9-7-17-37(39)38-18-8-10-20-40(38)45)42-22-12-14-24-44(42)47-36-31-27-34(28-32-36)16-6-4-2/h7-14,17-32,46-47H,3-6,15-16H2,1-2H3. The number of anilines is 4. The van der Waals surface area contributed by atoms with Gasteiger partial charge in [-0.1, -0.05) is 136 Å². The number of rotatable bonds is 12. The van der Waals surface area contributed by atoms with Gasteiger partial charge < -0.3 is 10.6 Å². The second kappa shape index (κ2) is 13.7. The van der Waals surface area contributed by atoms with Crippen molar-refractivity contribution in [3.8, 4) is 11.1 Å². The largest absolute Gasteiger partial charge is 0.355 e. The Morgan fingerprint density at radius 3 is 1.17 bits per heavy atom. The second-order valence-corrected chi connectivity index (χ2v) is 12.8. The van der Waals surface area contributed by atoms with Crippen LogP contribution in [-0.2, 0) is 18.3 Å². The van der Waals surface area contributed by atoms with Crippen LogP contribution in [0.3, 0.4) is 0 Å². The van der Waals surface area contributed by atoms with Crippen molar-refractivity contribution in [1.82, 2.24) is 0 Å². The highest BCUT2D eigenvalue weighted by Crippen LogP contribution is 2.59. The lowest BCUT2D eigenvalue weighted by Gasteiger charge is -2.37. The minimum Gasteiger partial charge on any atom is -0.355 e. The first-order valence-electron chi connectivity index (χ1n) is 17.3.